The molecule has 174 valence electrons. The summed E-state index contributed by atoms with van der Waals surface area (Å²) in [4.78, 5) is 12.6. The fraction of sp³-hybridized carbons (Fsp3) is 0.208. The first-order chi connectivity index (χ1) is 15.7. The molecule has 0 aromatic heterocycles. The summed E-state index contributed by atoms with van der Waals surface area (Å²) in [7, 11) is -3.90. The van der Waals surface area contributed by atoms with Crippen molar-refractivity contribution in [3.63, 3.8) is 0 Å². The minimum Gasteiger partial charge on any atom is -0.352 e. The fourth-order valence-corrected chi connectivity index (χ4v) is 5.28. The molecular formula is C24H23Cl3N2O3S. The Hall–Kier alpha value is -2.09. The molecule has 1 N–H and O–H groups in total. The van der Waals surface area contributed by atoms with Crippen LogP contribution in [-0.2, 0) is 27.9 Å². The number of amides is 1. The van der Waals surface area contributed by atoms with Crippen LogP contribution in [-0.4, -0.2) is 25.2 Å². The van der Waals surface area contributed by atoms with E-state index in [1.165, 1.54) is 4.31 Å². The number of halogens is 3. The maximum Gasteiger partial charge on any atom is 0.243 e. The van der Waals surface area contributed by atoms with Gasteiger partial charge in [-0.05, 0) is 42.8 Å². The summed E-state index contributed by atoms with van der Waals surface area (Å²) >= 11 is 18.7. The largest absolute Gasteiger partial charge is 0.352 e. The molecule has 0 fully saturated rings. The maximum absolute atomic E-state index is 13.4. The lowest BCUT2D eigenvalue weighted by atomic mass is 10.2. The van der Waals surface area contributed by atoms with Crippen LogP contribution in [0.15, 0.2) is 71.6 Å². The summed E-state index contributed by atoms with van der Waals surface area (Å²) in [6.45, 7) is 2.01. The number of nitrogens with one attached hydrogen (secondary N) is 1. The number of hydrogen-bond acceptors (Lipinski definition) is 3. The van der Waals surface area contributed by atoms with Crippen molar-refractivity contribution in [2.75, 3.05) is 6.54 Å². The molecule has 3 aromatic carbocycles. The number of sulfonamides is 1. The van der Waals surface area contributed by atoms with Crippen molar-refractivity contribution in [1.82, 2.24) is 9.62 Å². The Balaban J connectivity index is 1.78. The Kier molecular flexibility index (Phi) is 8.79. The van der Waals surface area contributed by atoms with Gasteiger partial charge >= 0.3 is 0 Å². The van der Waals surface area contributed by atoms with Crippen LogP contribution in [0.2, 0.25) is 15.1 Å². The number of benzene rings is 3. The topological polar surface area (TPSA) is 66.5 Å². The highest BCUT2D eigenvalue weighted by molar-refractivity contribution is 7.89. The van der Waals surface area contributed by atoms with Crippen molar-refractivity contribution in [3.8, 4) is 0 Å². The molecule has 1 amide bonds. The van der Waals surface area contributed by atoms with Gasteiger partial charge in [0.1, 0.15) is 0 Å². The zero-order valence-electron chi connectivity index (χ0n) is 17.9. The average Bonchev–Trinajstić information content (AvgIpc) is 2.78. The predicted octanol–water partition coefficient (Wildman–Crippen LogP) is 5.85. The lowest BCUT2D eigenvalue weighted by Gasteiger charge is -2.23. The van der Waals surface area contributed by atoms with Crippen LogP contribution in [0.25, 0.3) is 0 Å². The quantitative estimate of drug-likeness (QED) is 0.381. The zero-order chi connectivity index (χ0) is 24.0. The van der Waals surface area contributed by atoms with Crippen LogP contribution < -0.4 is 5.32 Å². The van der Waals surface area contributed by atoms with E-state index in [2.05, 4.69) is 5.32 Å². The van der Waals surface area contributed by atoms with Gasteiger partial charge in [0.2, 0.25) is 15.9 Å². The molecule has 9 heteroatoms. The van der Waals surface area contributed by atoms with Crippen LogP contribution in [0, 0.1) is 6.92 Å². The molecule has 0 saturated heterocycles. The molecule has 0 bridgehead atoms. The summed E-state index contributed by atoms with van der Waals surface area (Å²) in [6.07, 6.45) is -0.0440. The Labute approximate surface area is 209 Å². The first-order valence-corrected chi connectivity index (χ1v) is 12.8. The lowest BCUT2D eigenvalue weighted by molar-refractivity contribution is -0.121. The molecule has 0 heterocycles. The Morgan fingerprint density at radius 1 is 0.879 bits per heavy atom. The molecule has 0 atom stereocenters. The van der Waals surface area contributed by atoms with Gasteiger partial charge in [0.25, 0.3) is 0 Å². The third-order valence-corrected chi connectivity index (χ3v) is 8.01. The van der Waals surface area contributed by atoms with Crippen molar-refractivity contribution in [2.24, 2.45) is 0 Å². The van der Waals surface area contributed by atoms with Gasteiger partial charge in [-0.3, -0.25) is 4.79 Å². The Morgan fingerprint density at radius 3 is 2.12 bits per heavy atom. The van der Waals surface area contributed by atoms with Gasteiger partial charge < -0.3 is 5.32 Å². The number of carbonyl (C=O) groups is 1. The van der Waals surface area contributed by atoms with Crippen LogP contribution in [0.1, 0.15) is 23.1 Å². The molecule has 3 aromatic rings. The van der Waals surface area contributed by atoms with Gasteiger partial charge in [-0.1, -0.05) is 76.8 Å². The molecule has 5 nitrogen and oxygen atoms in total. The SMILES string of the molecule is Cc1ccc(S(=O)(=O)N(CCC(=O)NCc2ccccc2Cl)Cc2c(Cl)cccc2Cl)cc1. The van der Waals surface area contributed by atoms with E-state index in [1.807, 2.05) is 19.1 Å². The molecule has 0 spiro atoms. The second kappa shape index (κ2) is 11.4. The van der Waals surface area contributed by atoms with Crippen molar-refractivity contribution < 1.29 is 13.2 Å². The molecule has 0 aliphatic carbocycles. The van der Waals surface area contributed by atoms with Gasteiger partial charge in [0.05, 0.1) is 4.90 Å². The molecule has 33 heavy (non-hydrogen) atoms. The summed E-state index contributed by atoms with van der Waals surface area (Å²) in [5.74, 6) is -0.302. The number of hydrogen-bond donors (Lipinski definition) is 1. The predicted molar refractivity (Wildman–Crippen MR) is 133 cm³/mol. The van der Waals surface area contributed by atoms with E-state index >= 15 is 0 Å². The second-order valence-electron chi connectivity index (χ2n) is 7.47. The van der Waals surface area contributed by atoms with Crippen molar-refractivity contribution in [3.05, 3.63) is 98.5 Å². The van der Waals surface area contributed by atoms with E-state index in [9.17, 15) is 13.2 Å². The first-order valence-electron chi connectivity index (χ1n) is 10.2. The minimum atomic E-state index is -3.90. The zero-order valence-corrected chi connectivity index (χ0v) is 21.0. The van der Waals surface area contributed by atoms with Gasteiger partial charge in [-0.2, -0.15) is 4.31 Å². The monoisotopic (exact) mass is 524 g/mol. The fourth-order valence-electron chi connectivity index (χ4n) is 3.15. The molecular weight excluding hydrogens is 503 g/mol. The third kappa shape index (κ3) is 6.71. The number of aryl methyl sites for hydroxylation is 1. The van der Waals surface area contributed by atoms with Crippen molar-refractivity contribution >= 4 is 50.7 Å². The molecule has 0 radical (unpaired) electrons. The number of nitrogens with zero attached hydrogens (tertiary/aromatic N) is 1. The Bertz CT molecular complexity index is 1210. The van der Waals surface area contributed by atoms with Crippen molar-refractivity contribution in [1.29, 1.82) is 0 Å². The van der Waals surface area contributed by atoms with E-state index in [-0.39, 0.29) is 36.9 Å². The first kappa shape index (κ1) is 25.5. The number of carbonyl (C=O) groups excluding carboxylic acids is 1. The van der Waals surface area contributed by atoms with Gasteiger partial charge in [0, 0.05) is 46.7 Å². The van der Waals surface area contributed by atoms with Gasteiger partial charge in [-0.25, -0.2) is 8.42 Å². The van der Waals surface area contributed by atoms with Crippen molar-refractivity contribution in [2.45, 2.75) is 31.3 Å². The standard InChI is InChI=1S/C24H23Cl3N2O3S/c1-17-9-11-19(12-10-17)33(31,32)29(16-20-22(26)7-4-8-23(20)27)14-13-24(30)28-15-18-5-2-3-6-21(18)25/h2-12H,13-16H2,1H3,(H,28,30). The molecule has 0 unspecified atom stereocenters. The highest BCUT2D eigenvalue weighted by Crippen LogP contribution is 2.28. The summed E-state index contributed by atoms with van der Waals surface area (Å²) in [6, 6.07) is 18.7. The van der Waals surface area contributed by atoms with Gasteiger partial charge in [-0.15, -0.1) is 0 Å². The van der Waals surface area contributed by atoms with E-state index in [4.69, 9.17) is 34.8 Å². The highest BCUT2D eigenvalue weighted by atomic mass is 35.5. The van der Waals surface area contributed by atoms with Crippen LogP contribution in [0.5, 0.6) is 0 Å². The second-order valence-corrected chi connectivity index (χ2v) is 10.6. The Morgan fingerprint density at radius 2 is 1.48 bits per heavy atom. The van der Waals surface area contributed by atoms with E-state index in [0.29, 0.717) is 20.6 Å². The molecule has 0 saturated carbocycles. The van der Waals surface area contributed by atoms with Crippen LogP contribution in [0.4, 0.5) is 0 Å². The summed E-state index contributed by atoms with van der Waals surface area (Å²) < 4.78 is 28.0. The smallest absolute Gasteiger partial charge is 0.243 e. The van der Waals surface area contributed by atoms with Gasteiger partial charge in [0.15, 0.2) is 0 Å². The van der Waals surface area contributed by atoms with Crippen LogP contribution >= 0.6 is 34.8 Å². The van der Waals surface area contributed by atoms with E-state index in [0.717, 1.165) is 11.1 Å². The highest BCUT2D eigenvalue weighted by Gasteiger charge is 2.26. The molecule has 3 rings (SSSR count). The van der Waals surface area contributed by atoms with E-state index in [1.54, 1.807) is 54.6 Å². The maximum atomic E-state index is 13.4. The van der Waals surface area contributed by atoms with E-state index < -0.39 is 10.0 Å². The lowest BCUT2D eigenvalue weighted by Crippen LogP contribution is -2.35. The summed E-state index contributed by atoms with van der Waals surface area (Å²) in [5.41, 5.74) is 2.20. The third-order valence-electron chi connectivity index (χ3n) is 5.08. The average molecular weight is 526 g/mol. The molecule has 0 aliphatic rings. The minimum absolute atomic E-state index is 0.0440. The normalized spacial score (nSPS) is 11.5. The number of rotatable bonds is 9. The summed E-state index contributed by atoms with van der Waals surface area (Å²) in [5, 5.41) is 4.05. The van der Waals surface area contributed by atoms with Crippen LogP contribution in [0.3, 0.4) is 0 Å². The molecule has 0 aliphatic heterocycles.